The van der Waals surface area contributed by atoms with E-state index in [1.165, 1.54) is 6.07 Å². The molecule has 0 bridgehead atoms. The standard InChI is InChI=1S/C18H15ClF3NO/c19-15-6-4-13(5-7-15)17(8-9-17)16(24)23-11-12-2-1-3-14(10-12)18(20,21)22/h1-7,10H,8-9,11H2,(H,23,24). The number of hydrogen-bond donors (Lipinski definition) is 1. The normalized spacial score (nSPS) is 15.8. The number of carbonyl (C=O) groups excluding carboxylic acids is 1. The quantitative estimate of drug-likeness (QED) is 0.847. The van der Waals surface area contributed by atoms with Crippen molar-refractivity contribution >= 4 is 17.5 Å². The van der Waals surface area contributed by atoms with Crippen molar-refractivity contribution < 1.29 is 18.0 Å². The Bertz CT molecular complexity index is 752. The highest BCUT2D eigenvalue weighted by molar-refractivity contribution is 6.30. The number of halogens is 4. The van der Waals surface area contributed by atoms with Gasteiger partial charge in [0, 0.05) is 11.6 Å². The first-order valence-electron chi connectivity index (χ1n) is 7.52. The molecule has 126 valence electrons. The van der Waals surface area contributed by atoms with Crippen molar-refractivity contribution in [2.24, 2.45) is 0 Å². The van der Waals surface area contributed by atoms with E-state index in [4.69, 9.17) is 11.6 Å². The average Bonchev–Trinajstić information content (AvgIpc) is 3.34. The predicted octanol–water partition coefficient (Wildman–Crippen LogP) is 4.71. The summed E-state index contributed by atoms with van der Waals surface area (Å²) < 4.78 is 38.2. The number of alkyl halides is 3. The molecule has 0 aliphatic heterocycles. The van der Waals surface area contributed by atoms with Crippen LogP contribution in [0, 0.1) is 0 Å². The van der Waals surface area contributed by atoms with E-state index in [-0.39, 0.29) is 12.5 Å². The van der Waals surface area contributed by atoms with Crippen LogP contribution in [0.15, 0.2) is 48.5 Å². The van der Waals surface area contributed by atoms with Gasteiger partial charge in [-0.2, -0.15) is 13.2 Å². The van der Waals surface area contributed by atoms with Crippen LogP contribution in [0.5, 0.6) is 0 Å². The van der Waals surface area contributed by atoms with Gasteiger partial charge in [0.2, 0.25) is 5.91 Å². The van der Waals surface area contributed by atoms with Crippen molar-refractivity contribution in [3.05, 3.63) is 70.2 Å². The lowest BCUT2D eigenvalue weighted by atomic mass is 9.95. The van der Waals surface area contributed by atoms with E-state index in [1.807, 2.05) is 12.1 Å². The van der Waals surface area contributed by atoms with Crippen LogP contribution in [0.1, 0.15) is 29.5 Å². The molecule has 2 aromatic carbocycles. The molecule has 2 aromatic rings. The fourth-order valence-corrected chi connectivity index (χ4v) is 2.88. The van der Waals surface area contributed by atoms with E-state index in [9.17, 15) is 18.0 Å². The van der Waals surface area contributed by atoms with Crippen molar-refractivity contribution in [1.82, 2.24) is 5.32 Å². The second-order valence-electron chi connectivity index (χ2n) is 5.97. The van der Waals surface area contributed by atoms with Gasteiger partial charge in [0.25, 0.3) is 0 Å². The summed E-state index contributed by atoms with van der Waals surface area (Å²) >= 11 is 5.86. The Balaban J connectivity index is 1.69. The van der Waals surface area contributed by atoms with E-state index < -0.39 is 17.2 Å². The molecule has 1 aliphatic carbocycles. The van der Waals surface area contributed by atoms with E-state index in [0.29, 0.717) is 10.6 Å². The zero-order valence-corrected chi connectivity index (χ0v) is 13.4. The molecule has 3 rings (SSSR count). The molecule has 6 heteroatoms. The zero-order valence-electron chi connectivity index (χ0n) is 12.7. The molecule has 0 atom stereocenters. The Labute approximate surface area is 142 Å². The third-order valence-electron chi connectivity index (χ3n) is 4.29. The number of hydrogen-bond acceptors (Lipinski definition) is 1. The van der Waals surface area contributed by atoms with Gasteiger partial charge in [-0.05, 0) is 48.2 Å². The number of nitrogens with one attached hydrogen (secondary N) is 1. The maximum atomic E-state index is 12.7. The summed E-state index contributed by atoms with van der Waals surface area (Å²) in [5.41, 5.74) is 0.0123. The minimum Gasteiger partial charge on any atom is -0.351 e. The predicted molar refractivity (Wildman–Crippen MR) is 85.7 cm³/mol. The van der Waals surface area contributed by atoms with E-state index in [1.54, 1.807) is 18.2 Å². The number of carbonyl (C=O) groups is 1. The van der Waals surface area contributed by atoms with Crippen LogP contribution in [0.2, 0.25) is 5.02 Å². The first kappa shape index (κ1) is 16.8. The monoisotopic (exact) mass is 353 g/mol. The third kappa shape index (κ3) is 3.41. The fourth-order valence-electron chi connectivity index (χ4n) is 2.75. The summed E-state index contributed by atoms with van der Waals surface area (Å²) in [7, 11) is 0. The van der Waals surface area contributed by atoms with Crippen molar-refractivity contribution in [3.63, 3.8) is 0 Å². The van der Waals surface area contributed by atoms with Crippen LogP contribution in [0.4, 0.5) is 13.2 Å². The lowest BCUT2D eigenvalue weighted by Crippen LogP contribution is -2.34. The lowest BCUT2D eigenvalue weighted by molar-refractivity contribution is -0.137. The molecule has 1 fully saturated rings. The summed E-state index contributed by atoms with van der Waals surface area (Å²) in [6.45, 7) is 0.0676. The van der Waals surface area contributed by atoms with Crippen LogP contribution in [-0.2, 0) is 22.9 Å². The van der Waals surface area contributed by atoms with Gasteiger partial charge in [-0.3, -0.25) is 4.79 Å². The molecule has 0 aromatic heterocycles. The first-order valence-corrected chi connectivity index (χ1v) is 7.89. The summed E-state index contributed by atoms with van der Waals surface area (Å²) in [6.07, 6.45) is -2.94. The average molecular weight is 354 g/mol. The minimum absolute atomic E-state index is 0.0676. The number of rotatable bonds is 4. The molecular formula is C18H15ClF3NO. The molecule has 0 heterocycles. The van der Waals surface area contributed by atoms with Gasteiger partial charge in [0.15, 0.2) is 0 Å². The van der Waals surface area contributed by atoms with Gasteiger partial charge in [0.1, 0.15) is 0 Å². The van der Waals surface area contributed by atoms with Gasteiger partial charge in [-0.25, -0.2) is 0 Å². The largest absolute Gasteiger partial charge is 0.416 e. The van der Waals surface area contributed by atoms with Gasteiger partial charge in [-0.15, -0.1) is 0 Å². The number of amides is 1. The van der Waals surface area contributed by atoms with Gasteiger partial charge >= 0.3 is 6.18 Å². The SMILES string of the molecule is O=C(NCc1cccc(C(F)(F)F)c1)C1(c2ccc(Cl)cc2)CC1. The first-order chi connectivity index (χ1) is 11.3. The van der Waals surface area contributed by atoms with E-state index in [2.05, 4.69) is 5.32 Å². The summed E-state index contributed by atoms with van der Waals surface area (Å²) in [6, 6.07) is 12.1. The Morgan fingerprint density at radius 3 is 2.38 bits per heavy atom. The second-order valence-corrected chi connectivity index (χ2v) is 6.41. The summed E-state index contributed by atoms with van der Waals surface area (Å²) in [5, 5.41) is 3.35. The topological polar surface area (TPSA) is 29.1 Å². The minimum atomic E-state index is -4.39. The van der Waals surface area contributed by atoms with Gasteiger partial charge < -0.3 is 5.32 Å². The highest BCUT2D eigenvalue weighted by Gasteiger charge is 2.51. The van der Waals surface area contributed by atoms with Crippen molar-refractivity contribution in [2.75, 3.05) is 0 Å². The maximum absolute atomic E-state index is 12.7. The van der Waals surface area contributed by atoms with Gasteiger partial charge in [0.05, 0.1) is 11.0 Å². The Hall–Kier alpha value is -2.01. The molecule has 1 N–H and O–H groups in total. The summed E-state index contributed by atoms with van der Waals surface area (Å²) in [5.74, 6) is -0.165. The van der Waals surface area contributed by atoms with Gasteiger partial charge in [-0.1, -0.05) is 35.9 Å². The van der Waals surface area contributed by atoms with Crippen LogP contribution in [0.25, 0.3) is 0 Å². The third-order valence-corrected chi connectivity index (χ3v) is 4.54. The Kier molecular flexibility index (Phi) is 4.30. The molecule has 2 nitrogen and oxygen atoms in total. The van der Waals surface area contributed by atoms with Crippen LogP contribution in [-0.4, -0.2) is 5.91 Å². The highest BCUT2D eigenvalue weighted by Crippen LogP contribution is 2.48. The zero-order chi connectivity index (χ0) is 17.4. The highest BCUT2D eigenvalue weighted by atomic mass is 35.5. The lowest BCUT2D eigenvalue weighted by Gasteiger charge is -2.16. The molecular weight excluding hydrogens is 339 g/mol. The van der Waals surface area contributed by atoms with Crippen LogP contribution in [0.3, 0.4) is 0 Å². The molecule has 0 unspecified atom stereocenters. The second kappa shape index (κ2) is 6.13. The maximum Gasteiger partial charge on any atom is 0.416 e. The Morgan fingerprint density at radius 1 is 1.12 bits per heavy atom. The molecule has 24 heavy (non-hydrogen) atoms. The van der Waals surface area contributed by atoms with E-state index >= 15 is 0 Å². The molecule has 0 spiro atoms. The van der Waals surface area contributed by atoms with Crippen molar-refractivity contribution in [3.8, 4) is 0 Å². The van der Waals surface area contributed by atoms with Crippen molar-refractivity contribution in [1.29, 1.82) is 0 Å². The fraction of sp³-hybridized carbons (Fsp3) is 0.278. The van der Waals surface area contributed by atoms with E-state index in [0.717, 1.165) is 30.5 Å². The Morgan fingerprint density at radius 2 is 1.79 bits per heavy atom. The molecule has 1 aliphatic rings. The number of benzene rings is 2. The van der Waals surface area contributed by atoms with Crippen LogP contribution < -0.4 is 5.32 Å². The molecule has 0 saturated heterocycles. The van der Waals surface area contributed by atoms with Crippen LogP contribution >= 0.6 is 11.6 Å². The summed E-state index contributed by atoms with van der Waals surface area (Å²) in [4.78, 5) is 12.5. The molecule has 1 saturated carbocycles. The molecule has 1 amide bonds. The molecule has 0 radical (unpaired) electrons. The van der Waals surface area contributed by atoms with Crippen molar-refractivity contribution in [2.45, 2.75) is 31.0 Å². The smallest absolute Gasteiger partial charge is 0.351 e.